The number of allylic oxidation sites excluding steroid dienone is 2. The molecular weight excluding hydrogens is 485 g/mol. The van der Waals surface area contributed by atoms with Crippen LogP contribution in [0.2, 0.25) is 5.02 Å². The van der Waals surface area contributed by atoms with Crippen molar-refractivity contribution in [2.45, 2.75) is 109 Å². The van der Waals surface area contributed by atoms with E-state index in [4.69, 9.17) is 21.4 Å². The van der Waals surface area contributed by atoms with Crippen molar-refractivity contribution in [1.82, 2.24) is 5.32 Å². The van der Waals surface area contributed by atoms with Crippen LogP contribution in [-0.2, 0) is 20.3 Å². The van der Waals surface area contributed by atoms with Crippen LogP contribution < -0.4 is 5.32 Å². The Morgan fingerprint density at radius 1 is 0.943 bits per heavy atom. The second-order valence-corrected chi connectivity index (χ2v) is 10.9. The van der Waals surface area contributed by atoms with Gasteiger partial charge in [-0.3, -0.25) is 9.32 Å². The topological polar surface area (TPSA) is 95.9 Å². The van der Waals surface area contributed by atoms with Crippen LogP contribution >= 0.6 is 19.4 Å². The largest absolute Gasteiger partial charge is 0.469 e. The molecule has 1 aromatic rings. The fourth-order valence-corrected chi connectivity index (χ4v) is 4.40. The quantitative estimate of drug-likeness (QED) is 0.0869. The molecule has 1 atom stereocenters. The van der Waals surface area contributed by atoms with Crippen molar-refractivity contribution in [3.05, 3.63) is 47.0 Å². The van der Waals surface area contributed by atoms with Gasteiger partial charge < -0.3 is 15.1 Å². The summed E-state index contributed by atoms with van der Waals surface area (Å²) in [5.41, 5.74) is 0.898. The first-order valence-corrected chi connectivity index (χ1v) is 15.1. The van der Waals surface area contributed by atoms with Crippen molar-refractivity contribution in [1.29, 1.82) is 0 Å². The highest BCUT2D eigenvalue weighted by atomic mass is 35.5. The first-order chi connectivity index (χ1) is 16.8. The van der Waals surface area contributed by atoms with Crippen molar-refractivity contribution < 1.29 is 23.7 Å². The lowest BCUT2D eigenvalue weighted by Crippen LogP contribution is -2.39. The van der Waals surface area contributed by atoms with E-state index in [1.807, 2.05) is 12.1 Å². The average molecular weight is 530 g/mol. The Kier molecular flexibility index (Phi) is 18.2. The monoisotopic (exact) mass is 529 g/mol. The average Bonchev–Trinajstić information content (AvgIpc) is 2.81. The maximum absolute atomic E-state index is 12.4. The van der Waals surface area contributed by atoms with Crippen molar-refractivity contribution in [3.8, 4) is 0 Å². The van der Waals surface area contributed by atoms with Crippen molar-refractivity contribution in [3.63, 3.8) is 0 Å². The molecule has 0 fully saturated rings. The molecule has 0 aliphatic rings. The molecule has 0 aromatic heterocycles. The molecule has 6 nitrogen and oxygen atoms in total. The third-order valence-electron chi connectivity index (χ3n) is 5.87. The van der Waals surface area contributed by atoms with Crippen molar-refractivity contribution >= 4 is 25.3 Å². The van der Waals surface area contributed by atoms with E-state index in [1.165, 1.54) is 51.4 Å². The Morgan fingerprint density at radius 3 is 2.06 bits per heavy atom. The Balaban J connectivity index is 2.15. The third-order valence-corrected chi connectivity index (χ3v) is 6.61. The summed E-state index contributed by atoms with van der Waals surface area (Å²) in [7, 11) is -4.61. The molecule has 0 unspecified atom stereocenters. The van der Waals surface area contributed by atoms with Crippen LogP contribution in [-0.4, -0.2) is 28.3 Å². The van der Waals surface area contributed by atoms with E-state index >= 15 is 0 Å². The number of amides is 1. The number of phosphoric acid groups is 1. The summed E-state index contributed by atoms with van der Waals surface area (Å²) in [5, 5.41) is 3.45. The zero-order valence-electron chi connectivity index (χ0n) is 21.3. The SMILES string of the molecule is CCCCCCCC/C=C\CCCCCCCC(=O)N[C@@H](COP(=O)(O)O)Cc1ccc(Cl)cc1. The van der Waals surface area contributed by atoms with Gasteiger partial charge in [-0.05, 0) is 56.2 Å². The summed E-state index contributed by atoms with van der Waals surface area (Å²) in [6.07, 6.45) is 21.0. The van der Waals surface area contributed by atoms with E-state index in [0.29, 0.717) is 17.9 Å². The van der Waals surface area contributed by atoms with Gasteiger partial charge in [0, 0.05) is 11.4 Å². The number of hydrogen-bond donors (Lipinski definition) is 3. The molecule has 35 heavy (non-hydrogen) atoms. The zero-order valence-corrected chi connectivity index (χ0v) is 22.9. The van der Waals surface area contributed by atoms with E-state index in [-0.39, 0.29) is 12.5 Å². The first-order valence-electron chi connectivity index (χ1n) is 13.2. The van der Waals surface area contributed by atoms with Crippen LogP contribution in [0.3, 0.4) is 0 Å². The summed E-state index contributed by atoms with van der Waals surface area (Å²) < 4.78 is 15.7. The highest BCUT2D eigenvalue weighted by Gasteiger charge is 2.20. The van der Waals surface area contributed by atoms with Gasteiger partial charge in [-0.25, -0.2) is 4.57 Å². The first kappa shape index (κ1) is 31.9. The fourth-order valence-electron chi connectivity index (χ4n) is 3.90. The summed E-state index contributed by atoms with van der Waals surface area (Å²) in [4.78, 5) is 30.4. The summed E-state index contributed by atoms with van der Waals surface area (Å²) in [6, 6.07) is 6.60. The lowest BCUT2D eigenvalue weighted by Gasteiger charge is -2.19. The minimum Gasteiger partial charge on any atom is -0.351 e. The molecule has 200 valence electrons. The number of carbonyl (C=O) groups is 1. The number of hydrogen-bond acceptors (Lipinski definition) is 3. The molecule has 0 aliphatic carbocycles. The van der Waals surface area contributed by atoms with Gasteiger partial charge in [-0.1, -0.05) is 94.2 Å². The van der Waals surface area contributed by atoms with Gasteiger partial charge in [-0.15, -0.1) is 0 Å². The Bertz CT molecular complexity index is 750. The number of nitrogens with one attached hydrogen (secondary N) is 1. The predicted octanol–water partition coefficient (Wildman–Crippen LogP) is 7.51. The standard InChI is InChI=1S/C27H45ClNO5P/c1-2-3-4-5-6-7-8-9-10-11-12-13-14-15-16-17-27(30)29-26(23-34-35(31,32)33)22-24-18-20-25(28)21-19-24/h9-10,18-21,26H,2-8,11-17,22-23H2,1H3,(H,29,30)(H2,31,32,33)/b10-9-/t26-/m1/s1. The maximum atomic E-state index is 12.4. The second-order valence-electron chi connectivity index (χ2n) is 9.22. The van der Waals surface area contributed by atoms with Crippen LogP contribution in [0.25, 0.3) is 0 Å². The molecule has 0 radical (unpaired) electrons. The van der Waals surface area contributed by atoms with Gasteiger partial charge in [0.1, 0.15) is 0 Å². The van der Waals surface area contributed by atoms with Crippen LogP contribution in [0.5, 0.6) is 0 Å². The Morgan fingerprint density at radius 2 is 1.49 bits per heavy atom. The predicted molar refractivity (Wildman–Crippen MR) is 145 cm³/mol. The molecule has 0 saturated heterocycles. The van der Waals surface area contributed by atoms with Gasteiger partial charge in [-0.2, -0.15) is 0 Å². The maximum Gasteiger partial charge on any atom is 0.469 e. The molecular formula is C27H45ClNO5P. The summed E-state index contributed by atoms with van der Waals surface area (Å²) in [6.45, 7) is 1.99. The second kappa shape index (κ2) is 20.0. The smallest absolute Gasteiger partial charge is 0.351 e. The lowest BCUT2D eigenvalue weighted by molar-refractivity contribution is -0.122. The van der Waals surface area contributed by atoms with Gasteiger partial charge in [0.25, 0.3) is 0 Å². The number of benzene rings is 1. The van der Waals surface area contributed by atoms with Gasteiger partial charge in [0.05, 0.1) is 12.6 Å². The minimum absolute atomic E-state index is 0.129. The molecule has 0 saturated carbocycles. The number of halogens is 1. The number of unbranched alkanes of at least 4 members (excludes halogenated alkanes) is 11. The van der Waals surface area contributed by atoms with Gasteiger partial charge >= 0.3 is 7.82 Å². The number of phosphoric ester groups is 1. The van der Waals surface area contributed by atoms with Crippen LogP contribution in [0.4, 0.5) is 0 Å². The van der Waals surface area contributed by atoms with Crippen molar-refractivity contribution in [2.24, 2.45) is 0 Å². The minimum atomic E-state index is -4.61. The summed E-state index contributed by atoms with van der Waals surface area (Å²) >= 11 is 5.91. The molecule has 8 heteroatoms. The molecule has 0 aliphatic heterocycles. The lowest BCUT2D eigenvalue weighted by atomic mass is 10.1. The van der Waals surface area contributed by atoms with E-state index in [1.54, 1.807) is 12.1 Å². The number of carbonyl (C=O) groups excluding carboxylic acids is 1. The highest BCUT2D eigenvalue weighted by Crippen LogP contribution is 2.35. The number of rotatable bonds is 21. The molecule has 1 amide bonds. The van der Waals surface area contributed by atoms with E-state index in [9.17, 15) is 9.36 Å². The van der Waals surface area contributed by atoms with Gasteiger partial charge in [0.2, 0.25) is 5.91 Å². The molecule has 0 heterocycles. The van der Waals surface area contributed by atoms with Crippen molar-refractivity contribution in [2.75, 3.05) is 6.61 Å². The molecule has 1 aromatic carbocycles. The normalized spacial score (nSPS) is 12.8. The Hall–Kier alpha value is -1.17. The van der Waals surface area contributed by atoms with Gasteiger partial charge in [0.15, 0.2) is 0 Å². The van der Waals surface area contributed by atoms with Crippen LogP contribution in [0, 0.1) is 0 Å². The van der Waals surface area contributed by atoms with E-state index in [2.05, 4.69) is 28.9 Å². The van der Waals surface area contributed by atoms with Crippen LogP contribution in [0.15, 0.2) is 36.4 Å². The molecule has 3 N–H and O–H groups in total. The summed E-state index contributed by atoms with van der Waals surface area (Å²) in [5.74, 6) is -0.129. The van der Waals surface area contributed by atoms with Crippen LogP contribution in [0.1, 0.15) is 102 Å². The van der Waals surface area contributed by atoms with E-state index < -0.39 is 13.9 Å². The fraction of sp³-hybridized carbons (Fsp3) is 0.667. The molecule has 0 spiro atoms. The Labute approximate surface area is 217 Å². The zero-order chi connectivity index (χ0) is 25.8. The third kappa shape index (κ3) is 19.7. The van der Waals surface area contributed by atoms with E-state index in [0.717, 1.165) is 37.7 Å². The molecule has 1 rings (SSSR count). The highest BCUT2D eigenvalue weighted by molar-refractivity contribution is 7.46. The molecule has 0 bridgehead atoms.